The van der Waals surface area contributed by atoms with E-state index in [4.69, 9.17) is 10.2 Å². The van der Waals surface area contributed by atoms with Gasteiger partial charge in [-0.05, 0) is 24.3 Å². The van der Waals surface area contributed by atoms with Crippen molar-refractivity contribution < 1.29 is 13.6 Å². The molecule has 0 atom stereocenters. The lowest BCUT2D eigenvalue weighted by molar-refractivity contribution is 0.102. The predicted octanol–water partition coefficient (Wildman–Crippen LogP) is 2.69. The molecule has 1 aromatic heterocycles. The van der Waals surface area contributed by atoms with Crippen LogP contribution in [0.3, 0.4) is 0 Å². The smallest absolute Gasteiger partial charge is 0.259 e. The molecule has 4 nitrogen and oxygen atoms in total. The van der Waals surface area contributed by atoms with Crippen LogP contribution in [0, 0.1) is 5.82 Å². The Kier molecular flexibility index (Phi) is 3.97. The van der Waals surface area contributed by atoms with Crippen LogP contribution in [0.4, 0.5) is 10.1 Å². The van der Waals surface area contributed by atoms with E-state index in [2.05, 4.69) is 5.32 Å². The van der Waals surface area contributed by atoms with E-state index in [9.17, 15) is 9.18 Å². The standard InChI is InChI=1S/C14H15FN2O2/c1-2-13-11(5-6-19-13)14(18)17-10-3-4-12(15)9(7-10)8-16/h3-7H,2,8,16H2,1H3,(H,17,18). The molecule has 2 aromatic rings. The number of nitrogens with one attached hydrogen (secondary N) is 1. The molecule has 0 saturated carbocycles. The number of hydrogen-bond acceptors (Lipinski definition) is 3. The van der Waals surface area contributed by atoms with E-state index in [1.54, 1.807) is 6.07 Å². The molecule has 0 unspecified atom stereocenters. The summed E-state index contributed by atoms with van der Waals surface area (Å²) in [7, 11) is 0. The largest absolute Gasteiger partial charge is 0.469 e. The van der Waals surface area contributed by atoms with Crippen molar-refractivity contribution in [2.75, 3.05) is 5.32 Å². The van der Waals surface area contributed by atoms with Crippen LogP contribution in [0.5, 0.6) is 0 Å². The number of anilines is 1. The third kappa shape index (κ3) is 2.82. The van der Waals surface area contributed by atoms with Gasteiger partial charge in [0.15, 0.2) is 0 Å². The summed E-state index contributed by atoms with van der Waals surface area (Å²) >= 11 is 0. The fraction of sp³-hybridized carbons (Fsp3) is 0.214. The zero-order valence-electron chi connectivity index (χ0n) is 10.6. The average Bonchev–Trinajstić information content (AvgIpc) is 2.89. The van der Waals surface area contributed by atoms with Crippen LogP contribution in [-0.4, -0.2) is 5.91 Å². The summed E-state index contributed by atoms with van der Waals surface area (Å²) in [5.74, 6) is -0.0307. The first kappa shape index (κ1) is 13.3. The molecule has 0 radical (unpaired) electrons. The molecule has 1 amide bonds. The lowest BCUT2D eigenvalue weighted by Gasteiger charge is -2.07. The number of hydrogen-bond donors (Lipinski definition) is 2. The minimum atomic E-state index is -0.377. The van der Waals surface area contributed by atoms with Gasteiger partial charge < -0.3 is 15.5 Å². The summed E-state index contributed by atoms with van der Waals surface area (Å²) in [4.78, 5) is 12.0. The maximum atomic E-state index is 13.3. The maximum absolute atomic E-state index is 13.3. The maximum Gasteiger partial charge on any atom is 0.259 e. The van der Waals surface area contributed by atoms with Gasteiger partial charge in [-0.25, -0.2) is 4.39 Å². The summed E-state index contributed by atoms with van der Waals surface area (Å²) in [6.07, 6.45) is 2.11. The van der Waals surface area contributed by atoms with E-state index >= 15 is 0 Å². The molecule has 0 fully saturated rings. The predicted molar refractivity (Wildman–Crippen MR) is 70.3 cm³/mol. The Morgan fingerprint density at radius 2 is 2.21 bits per heavy atom. The lowest BCUT2D eigenvalue weighted by atomic mass is 10.1. The van der Waals surface area contributed by atoms with E-state index in [0.717, 1.165) is 0 Å². The van der Waals surface area contributed by atoms with Crippen LogP contribution in [0.2, 0.25) is 0 Å². The lowest BCUT2D eigenvalue weighted by Crippen LogP contribution is -2.13. The van der Waals surface area contributed by atoms with Gasteiger partial charge in [0.2, 0.25) is 0 Å². The minimum Gasteiger partial charge on any atom is -0.469 e. The number of carbonyl (C=O) groups is 1. The van der Waals surface area contributed by atoms with Crippen LogP contribution >= 0.6 is 0 Å². The Labute approximate surface area is 110 Å². The Morgan fingerprint density at radius 1 is 1.42 bits per heavy atom. The van der Waals surface area contributed by atoms with E-state index < -0.39 is 0 Å². The molecule has 0 spiro atoms. The number of furan rings is 1. The van der Waals surface area contributed by atoms with Gasteiger partial charge in [-0.2, -0.15) is 0 Å². The summed E-state index contributed by atoms with van der Waals surface area (Å²) < 4.78 is 18.5. The van der Waals surface area contributed by atoms with Crippen LogP contribution < -0.4 is 11.1 Å². The minimum absolute atomic E-state index is 0.0848. The number of halogens is 1. The first-order valence-electron chi connectivity index (χ1n) is 6.02. The summed E-state index contributed by atoms with van der Waals surface area (Å²) in [5.41, 5.74) is 6.78. The van der Waals surface area contributed by atoms with Gasteiger partial charge in [-0.15, -0.1) is 0 Å². The molecule has 0 aliphatic carbocycles. The van der Waals surface area contributed by atoms with Gasteiger partial charge in [0, 0.05) is 24.2 Å². The van der Waals surface area contributed by atoms with Gasteiger partial charge in [-0.3, -0.25) is 4.79 Å². The Hall–Kier alpha value is -2.14. The monoisotopic (exact) mass is 262 g/mol. The van der Waals surface area contributed by atoms with Crippen molar-refractivity contribution in [2.45, 2.75) is 19.9 Å². The Bertz CT molecular complexity index is 593. The highest BCUT2D eigenvalue weighted by atomic mass is 19.1. The molecular formula is C14H15FN2O2. The molecule has 0 aliphatic heterocycles. The molecule has 0 bridgehead atoms. The van der Waals surface area contributed by atoms with Crippen LogP contribution in [0.15, 0.2) is 34.9 Å². The fourth-order valence-corrected chi connectivity index (χ4v) is 1.82. The summed E-state index contributed by atoms with van der Waals surface area (Å²) in [5, 5.41) is 2.70. The number of rotatable bonds is 4. The van der Waals surface area contributed by atoms with Crippen molar-refractivity contribution in [3.63, 3.8) is 0 Å². The Morgan fingerprint density at radius 3 is 2.89 bits per heavy atom. The zero-order chi connectivity index (χ0) is 13.8. The number of amides is 1. The number of aryl methyl sites for hydroxylation is 1. The highest BCUT2D eigenvalue weighted by Gasteiger charge is 2.13. The van der Waals surface area contributed by atoms with Gasteiger partial charge in [0.1, 0.15) is 11.6 Å². The molecule has 1 heterocycles. The second-order valence-electron chi connectivity index (χ2n) is 4.08. The van der Waals surface area contributed by atoms with Gasteiger partial charge in [-0.1, -0.05) is 6.92 Å². The van der Waals surface area contributed by atoms with E-state index in [1.165, 1.54) is 24.5 Å². The van der Waals surface area contributed by atoms with Crippen LogP contribution in [0.25, 0.3) is 0 Å². The molecular weight excluding hydrogens is 247 g/mol. The molecule has 2 rings (SSSR count). The molecule has 5 heteroatoms. The van der Waals surface area contributed by atoms with Crippen molar-refractivity contribution >= 4 is 11.6 Å². The topological polar surface area (TPSA) is 68.3 Å². The summed E-state index contributed by atoms with van der Waals surface area (Å²) in [6, 6.07) is 5.92. The molecule has 19 heavy (non-hydrogen) atoms. The Balaban J connectivity index is 2.19. The first-order valence-corrected chi connectivity index (χ1v) is 6.02. The van der Waals surface area contributed by atoms with E-state index in [-0.39, 0.29) is 18.3 Å². The van der Waals surface area contributed by atoms with Crippen molar-refractivity contribution in [1.29, 1.82) is 0 Å². The van der Waals surface area contributed by atoms with Crippen LogP contribution in [0.1, 0.15) is 28.6 Å². The van der Waals surface area contributed by atoms with Gasteiger partial charge >= 0.3 is 0 Å². The van der Waals surface area contributed by atoms with Crippen molar-refractivity contribution in [1.82, 2.24) is 0 Å². The SMILES string of the molecule is CCc1occc1C(=O)Nc1ccc(F)c(CN)c1. The van der Waals surface area contributed by atoms with E-state index in [0.29, 0.717) is 29.0 Å². The van der Waals surface area contributed by atoms with Crippen molar-refractivity contribution in [2.24, 2.45) is 5.73 Å². The molecule has 0 aliphatic rings. The third-order valence-corrected chi connectivity index (χ3v) is 2.83. The highest BCUT2D eigenvalue weighted by Crippen LogP contribution is 2.17. The normalized spacial score (nSPS) is 10.5. The molecule has 1 aromatic carbocycles. The third-order valence-electron chi connectivity index (χ3n) is 2.83. The average molecular weight is 262 g/mol. The molecule has 0 saturated heterocycles. The fourth-order valence-electron chi connectivity index (χ4n) is 1.82. The molecule has 100 valence electrons. The van der Waals surface area contributed by atoms with E-state index in [1.807, 2.05) is 6.92 Å². The second kappa shape index (κ2) is 5.67. The highest BCUT2D eigenvalue weighted by molar-refractivity contribution is 6.04. The summed E-state index contributed by atoms with van der Waals surface area (Å²) in [6.45, 7) is 1.99. The molecule has 3 N–H and O–H groups in total. The van der Waals surface area contributed by atoms with Crippen molar-refractivity contribution in [3.8, 4) is 0 Å². The van der Waals surface area contributed by atoms with Gasteiger partial charge in [0.25, 0.3) is 5.91 Å². The second-order valence-corrected chi connectivity index (χ2v) is 4.08. The van der Waals surface area contributed by atoms with Crippen LogP contribution in [-0.2, 0) is 13.0 Å². The van der Waals surface area contributed by atoms with Gasteiger partial charge in [0.05, 0.1) is 11.8 Å². The first-order chi connectivity index (χ1) is 9.15. The number of benzene rings is 1. The van der Waals surface area contributed by atoms with Crippen molar-refractivity contribution in [3.05, 3.63) is 53.2 Å². The number of nitrogens with two attached hydrogens (primary N) is 1. The quantitative estimate of drug-likeness (QED) is 0.890. The number of carbonyl (C=O) groups excluding carboxylic acids is 1. The zero-order valence-corrected chi connectivity index (χ0v) is 10.6.